The van der Waals surface area contributed by atoms with Gasteiger partial charge in [0, 0.05) is 11.8 Å². The van der Waals surface area contributed by atoms with E-state index in [9.17, 15) is 9.59 Å². The molecule has 5 rings (SSSR count). The smallest absolute Gasteiger partial charge is 0.282 e. The van der Waals surface area contributed by atoms with Gasteiger partial charge in [0.25, 0.3) is 11.8 Å². The maximum absolute atomic E-state index is 13.6. The van der Waals surface area contributed by atoms with E-state index in [0.29, 0.717) is 59.6 Å². The molecular formula is C26H22N2O5. The maximum atomic E-state index is 13.6. The summed E-state index contributed by atoms with van der Waals surface area (Å²) in [6, 6.07) is 21.5. The quantitative estimate of drug-likeness (QED) is 0.575. The van der Waals surface area contributed by atoms with Gasteiger partial charge in [-0.05, 0) is 36.8 Å². The van der Waals surface area contributed by atoms with Crippen molar-refractivity contribution in [3.63, 3.8) is 0 Å². The van der Waals surface area contributed by atoms with Crippen LogP contribution in [0.1, 0.15) is 12.5 Å². The fraction of sp³-hybridized carbons (Fsp3) is 0.154. The van der Waals surface area contributed by atoms with E-state index in [1.165, 1.54) is 0 Å². The lowest BCUT2D eigenvalue weighted by Gasteiger charge is -2.20. The number of carbonyl (C=O) groups is 2. The molecule has 0 radical (unpaired) electrons. The van der Waals surface area contributed by atoms with Crippen molar-refractivity contribution < 1.29 is 23.8 Å². The summed E-state index contributed by atoms with van der Waals surface area (Å²) in [5.41, 5.74) is 2.15. The van der Waals surface area contributed by atoms with Gasteiger partial charge in [-0.15, -0.1) is 0 Å². The average Bonchev–Trinajstić information content (AvgIpc) is 3.09. The third-order valence-electron chi connectivity index (χ3n) is 5.36. The van der Waals surface area contributed by atoms with Crippen molar-refractivity contribution in [2.24, 2.45) is 0 Å². The fourth-order valence-corrected chi connectivity index (χ4v) is 3.92. The minimum absolute atomic E-state index is 0.189. The molecule has 2 heterocycles. The molecule has 7 heteroatoms. The molecule has 7 nitrogen and oxygen atoms in total. The normalized spacial score (nSPS) is 15.1. The first-order valence-corrected chi connectivity index (χ1v) is 10.7. The Hall–Kier alpha value is -4.26. The van der Waals surface area contributed by atoms with Gasteiger partial charge in [0.1, 0.15) is 24.7 Å². The van der Waals surface area contributed by atoms with Gasteiger partial charge in [-0.1, -0.05) is 42.5 Å². The molecule has 2 aliphatic heterocycles. The van der Waals surface area contributed by atoms with Crippen molar-refractivity contribution >= 4 is 28.8 Å². The van der Waals surface area contributed by atoms with Crippen LogP contribution in [0.4, 0.5) is 11.4 Å². The van der Waals surface area contributed by atoms with Crippen molar-refractivity contribution in [3.05, 3.63) is 84.1 Å². The summed E-state index contributed by atoms with van der Waals surface area (Å²) in [4.78, 5) is 28.4. The van der Waals surface area contributed by atoms with Gasteiger partial charge >= 0.3 is 0 Å². The van der Waals surface area contributed by atoms with E-state index in [2.05, 4.69) is 5.32 Å². The Morgan fingerprint density at radius 2 is 1.61 bits per heavy atom. The van der Waals surface area contributed by atoms with E-state index in [-0.39, 0.29) is 5.70 Å². The Bertz CT molecular complexity index is 1250. The number of anilines is 2. The summed E-state index contributed by atoms with van der Waals surface area (Å²) in [5, 5.41) is 3.16. The monoisotopic (exact) mass is 442 g/mol. The van der Waals surface area contributed by atoms with Crippen LogP contribution in [0.5, 0.6) is 17.2 Å². The molecule has 2 amide bonds. The van der Waals surface area contributed by atoms with Crippen LogP contribution in [0.15, 0.2) is 78.5 Å². The summed E-state index contributed by atoms with van der Waals surface area (Å²) in [7, 11) is 0. The minimum atomic E-state index is -0.458. The predicted molar refractivity (Wildman–Crippen MR) is 125 cm³/mol. The molecule has 33 heavy (non-hydrogen) atoms. The first-order valence-electron chi connectivity index (χ1n) is 10.7. The third kappa shape index (κ3) is 3.78. The zero-order valence-electron chi connectivity index (χ0n) is 18.0. The van der Waals surface area contributed by atoms with E-state index in [4.69, 9.17) is 14.2 Å². The number of hydrogen-bond donors (Lipinski definition) is 1. The zero-order valence-corrected chi connectivity index (χ0v) is 18.0. The fourth-order valence-electron chi connectivity index (χ4n) is 3.92. The van der Waals surface area contributed by atoms with E-state index in [0.717, 1.165) is 4.90 Å². The van der Waals surface area contributed by atoms with Crippen molar-refractivity contribution in [1.82, 2.24) is 0 Å². The molecule has 0 bridgehead atoms. The Morgan fingerprint density at radius 3 is 2.39 bits per heavy atom. The lowest BCUT2D eigenvalue weighted by Crippen LogP contribution is -2.32. The number of benzene rings is 3. The minimum Gasteiger partial charge on any atom is -0.492 e. The molecular weight excluding hydrogens is 420 g/mol. The van der Waals surface area contributed by atoms with E-state index >= 15 is 0 Å². The lowest BCUT2D eigenvalue weighted by atomic mass is 10.0. The summed E-state index contributed by atoms with van der Waals surface area (Å²) in [6.45, 7) is 3.21. The highest BCUT2D eigenvalue weighted by Gasteiger charge is 2.41. The molecule has 0 aromatic heterocycles. The largest absolute Gasteiger partial charge is 0.492 e. The molecule has 166 valence electrons. The number of nitrogens with zero attached hydrogens (tertiary/aromatic N) is 1. The molecule has 3 aromatic carbocycles. The van der Waals surface area contributed by atoms with Gasteiger partial charge in [-0.3, -0.25) is 9.59 Å². The number of ether oxygens (including phenoxy) is 3. The highest BCUT2D eigenvalue weighted by atomic mass is 16.6. The number of carbonyl (C=O) groups excluding carboxylic acids is 2. The number of fused-ring (bicyclic) bond motifs is 1. The summed E-state index contributed by atoms with van der Waals surface area (Å²) in [6.07, 6.45) is 0. The SMILES string of the molecule is CCOc1ccccc1N1C(=O)C(Nc2ccc3c(c2)OCCO3)=C(c2ccccc2)C1=O. The van der Waals surface area contributed by atoms with Crippen LogP contribution in [-0.2, 0) is 9.59 Å². The number of nitrogens with one attached hydrogen (secondary N) is 1. The number of rotatable bonds is 6. The van der Waals surface area contributed by atoms with Gasteiger partial charge in [0.05, 0.1) is 17.9 Å². The van der Waals surface area contributed by atoms with Crippen LogP contribution in [-0.4, -0.2) is 31.6 Å². The zero-order chi connectivity index (χ0) is 22.8. The van der Waals surface area contributed by atoms with E-state index < -0.39 is 11.8 Å². The van der Waals surface area contributed by atoms with Gasteiger partial charge < -0.3 is 19.5 Å². The van der Waals surface area contributed by atoms with Gasteiger partial charge in [0.15, 0.2) is 11.5 Å². The molecule has 0 fully saturated rings. The average molecular weight is 442 g/mol. The molecule has 0 unspecified atom stereocenters. The standard InChI is InChI=1S/C26H22N2O5/c1-2-31-20-11-7-6-10-19(20)28-25(29)23(17-8-4-3-5-9-17)24(26(28)30)27-18-12-13-21-22(16-18)33-15-14-32-21/h3-13,16,27H,2,14-15H2,1H3. The summed E-state index contributed by atoms with van der Waals surface area (Å²) in [5.74, 6) is 0.822. The number of imide groups is 1. The van der Waals surface area contributed by atoms with Gasteiger partial charge in [0.2, 0.25) is 0 Å². The Labute approximate surface area is 191 Å². The topological polar surface area (TPSA) is 77.1 Å². The van der Waals surface area contributed by atoms with Gasteiger partial charge in [-0.2, -0.15) is 0 Å². The van der Waals surface area contributed by atoms with Crippen LogP contribution in [0.2, 0.25) is 0 Å². The highest BCUT2D eigenvalue weighted by Crippen LogP contribution is 2.39. The molecule has 3 aromatic rings. The molecule has 0 saturated carbocycles. The Balaban J connectivity index is 1.58. The van der Waals surface area contributed by atoms with E-state index in [1.807, 2.05) is 37.3 Å². The summed E-state index contributed by atoms with van der Waals surface area (Å²) >= 11 is 0. The van der Waals surface area contributed by atoms with Crippen molar-refractivity contribution in [2.45, 2.75) is 6.92 Å². The van der Waals surface area contributed by atoms with Crippen LogP contribution in [0.3, 0.4) is 0 Å². The van der Waals surface area contributed by atoms with Crippen molar-refractivity contribution in [1.29, 1.82) is 0 Å². The van der Waals surface area contributed by atoms with Crippen LogP contribution >= 0.6 is 0 Å². The molecule has 0 atom stereocenters. The first kappa shape index (κ1) is 20.6. The predicted octanol–water partition coefficient (Wildman–Crippen LogP) is 4.25. The van der Waals surface area contributed by atoms with Crippen LogP contribution in [0, 0.1) is 0 Å². The maximum Gasteiger partial charge on any atom is 0.282 e. The number of amides is 2. The first-order chi connectivity index (χ1) is 16.2. The van der Waals surface area contributed by atoms with Crippen molar-refractivity contribution in [2.75, 3.05) is 30.0 Å². The van der Waals surface area contributed by atoms with Gasteiger partial charge in [-0.25, -0.2) is 4.90 Å². The van der Waals surface area contributed by atoms with Crippen molar-refractivity contribution in [3.8, 4) is 17.2 Å². The second-order valence-corrected chi connectivity index (χ2v) is 7.45. The Kier molecular flexibility index (Phi) is 5.44. The molecule has 0 aliphatic carbocycles. The molecule has 0 saturated heterocycles. The number of para-hydroxylation sites is 2. The summed E-state index contributed by atoms with van der Waals surface area (Å²) < 4.78 is 16.9. The van der Waals surface area contributed by atoms with Crippen LogP contribution in [0.25, 0.3) is 5.57 Å². The lowest BCUT2D eigenvalue weighted by molar-refractivity contribution is -0.120. The highest BCUT2D eigenvalue weighted by molar-refractivity contribution is 6.46. The molecule has 2 aliphatic rings. The number of hydrogen-bond acceptors (Lipinski definition) is 6. The third-order valence-corrected chi connectivity index (χ3v) is 5.36. The molecule has 0 spiro atoms. The molecule has 1 N–H and O–H groups in total. The van der Waals surface area contributed by atoms with Crippen LogP contribution < -0.4 is 24.4 Å². The second-order valence-electron chi connectivity index (χ2n) is 7.45. The van der Waals surface area contributed by atoms with E-state index in [1.54, 1.807) is 42.5 Å². The Morgan fingerprint density at radius 1 is 0.879 bits per heavy atom. The second kappa shape index (κ2) is 8.70.